The number of hydrogen-bond donors (Lipinski definition) is 2. The molecule has 1 fully saturated rings. The Morgan fingerprint density at radius 3 is 2.42 bits per heavy atom. The predicted octanol–water partition coefficient (Wildman–Crippen LogP) is 4.36. The van der Waals surface area contributed by atoms with Gasteiger partial charge in [0.05, 0.1) is 5.56 Å². The van der Waals surface area contributed by atoms with Crippen LogP contribution in [-0.2, 0) is 11.0 Å². The summed E-state index contributed by atoms with van der Waals surface area (Å²) in [6, 6.07) is 5.15. The molecular weight excluding hydrogens is 508 g/mol. The number of para-hydroxylation sites is 1. The summed E-state index contributed by atoms with van der Waals surface area (Å²) >= 11 is 0. The minimum atomic E-state index is -4.92. The standard InChI is InChI=1S/C25H28F4N6O3/c1-14(2)24-32-21(34-38-24)15-7-9-16(10-8-15)22(36)30-11-12-31-23(37)17-13-35(33-20(17)25(27,28)29)19-6-4-3-5-18(19)26/h3-6,13-16H,7-12H2,1-2H3,(H,30,36)(H,31,37). The van der Waals surface area contributed by atoms with Gasteiger partial charge >= 0.3 is 6.18 Å². The van der Waals surface area contributed by atoms with Crippen LogP contribution in [0.2, 0.25) is 0 Å². The molecule has 4 rings (SSSR count). The van der Waals surface area contributed by atoms with Gasteiger partial charge in [0, 0.05) is 37.0 Å². The topological polar surface area (TPSA) is 115 Å². The number of rotatable bonds is 8. The summed E-state index contributed by atoms with van der Waals surface area (Å²) in [4.78, 5) is 29.5. The fourth-order valence-electron chi connectivity index (χ4n) is 4.37. The molecule has 3 aromatic rings. The van der Waals surface area contributed by atoms with Crippen molar-refractivity contribution in [2.75, 3.05) is 13.1 Å². The maximum Gasteiger partial charge on any atom is 0.435 e. The number of carbonyl (C=O) groups excluding carboxylic acids is 2. The van der Waals surface area contributed by atoms with Gasteiger partial charge in [-0.1, -0.05) is 31.1 Å². The molecule has 0 atom stereocenters. The van der Waals surface area contributed by atoms with E-state index in [1.807, 2.05) is 13.8 Å². The fraction of sp³-hybridized carbons (Fsp3) is 0.480. The molecule has 1 aliphatic carbocycles. The highest BCUT2D eigenvalue weighted by Gasteiger charge is 2.39. The van der Waals surface area contributed by atoms with Gasteiger partial charge in [-0.25, -0.2) is 9.07 Å². The molecule has 9 nitrogen and oxygen atoms in total. The maximum absolute atomic E-state index is 14.0. The van der Waals surface area contributed by atoms with Crippen molar-refractivity contribution in [1.82, 2.24) is 30.6 Å². The first kappa shape index (κ1) is 27.3. The summed E-state index contributed by atoms with van der Waals surface area (Å²) in [5.74, 6) is -0.702. The molecular formula is C25H28F4N6O3. The van der Waals surface area contributed by atoms with Crippen molar-refractivity contribution >= 4 is 11.8 Å². The van der Waals surface area contributed by atoms with Gasteiger partial charge in [-0.3, -0.25) is 9.59 Å². The van der Waals surface area contributed by atoms with E-state index in [1.54, 1.807) is 0 Å². The molecule has 0 spiro atoms. The van der Waals surface area contributed by atoms with Crippen LogP contribution in [0.25, 0.3) is 5.69 Å². The molecule has 0 bridgehead atoms. The highest BCUT2D eigenvalue weighted by atomic mass is 19.4. The number of carbonyl (C=O) groups is 2. The second kappa shape index (κ2) is 11.3. The van der Waals surface area contributed by atoms with Crippen molar-refractivity contribution in [3.63, 3.8) is 0 Å². The van der Waals surface area contributed by atoms with Crippen LogP contribution >= 0.6 is 0 Å². The predicted molar refractivity (Wildman–Crippen MR) is 127 cm³/mol. The number of alkyl halides is 3. The number of nitrogens with one attached hydrogen (secondary N) is 2. The zero-order valence-electron chi connectivity index (χ0n) is 20.9. The second-order valence-corrected chi connectivity index (χ2v) is 9.53. The van der Waals surface area contributed by atoms with Crippen LogP contribution in [0.4, 0.5) is 17.6 Å². The van der Waals surface area contributed by atoms with Crippen molar-refractivity contribution in [1.29, 1.82) is 0 Å². The average molecular weight is 537 g/mol. The molecule has 204 valence electrons. The van der Waals surface area contributed by atoms with E-state index in [9.17, 15) is 27.2 Å². The third kappa shape index (κ3) is 6.20. The number of amides is 2. The average Bonchev–Trinajstić information content (AvgIpc) is 3.55. The van der Waals surface area contributed by atoms with Crippen LogP contribution in [0, 0.1) is 11.7 Å². The first-order valence-electron chi connectivity index (χ1n) is 12.4. The van der Waals surface area contributed by atoms with E-state index < -0.39 is 29.2 Å². The van der Waals surface area contributed by atoms with Gasteiger partial charge in [-0.15, -0.1) is 0 Å². The van der Waals surface area contributed by atoms with E-state index in [4.69, 9.17) is 4.52 Å². The summed E-state index contributed by atoms with van der Waals surface area (Å²) in [7, 11) is 0. The van der Waals surface area contributed by atoms with Crippen molar-refractivity contribution in [2.45, 2.75) is 57.5 Å². The van der Waals surface area contributed by atoms with Gasteiger partial charge in [-0.2, -0.15) is 23.3 Å². The van der Waals surface area contributed by atoms with E-state index in [2.05, 4.69) is 25.9 Å². The number of halogens is 4. The minimum Gasteiger partial charge on any atom is -0.354 e. The number of nitrogens with zero attached hydrogens (tertiary/aromatic N) is 4. The zero-order chi connectivity index (χ0) is 27.4. The van der Waals surface area contributed by atoms with Crippen LogP contribution in [0.3, 0.4) is 0 Å². The Bertz CT molecular complexity index is 1280. The molecule has 1 aromatic carbocycles. The molecule has 2 N–H and O–H groups in total. The van der Waals surface area contributed by atoms with Gasteiger partial charge < -0.3 is 15.2 Å². The molecule has 0 saturated heterocycles. The number of benzene rings is 1. The second-order valence-electron chi connectivity index (χ2n) is 9.53. The first-order valence-corrected chi connectivity index (χ1v) is 12.4. The SMILES string of the molecule is CC(C)c1nc(C2CCC(C(=O)NCCNC(=O)c3cn(-c4ccccc4F)nc3C(F)(F)F)CC2)no1. The zero-order valence-corrected chi connectivity index (χ0v) is 20.9. The monoisotopic (exact) mass is 536 g/mol. The summed E-state index contributed by atoms with van der Waals surface area (Å²) in [5.41, 5.74) is -2.40. The highest BCUT2D eigenvalue weighted by Crippen LogP contribution is 2.35. The number of hydrogen-bond acceptors (Lipinski definition) is 6. The lowest BCUT2D eigenvalue weighted by atomic mass is 9.81. The Labute approximate surface area is 216 Å². The quantitative estimate of drug-likeness (QED) is 0.327. The summed E-state index contributed by atoms with van der Waals surface area (Å²) in [5, 5.41) is 12.5. The van der Waals surface area contributed by atoms with E-state index in [0.717, 1.165) is 25.1 Å². The molecule has 0 radical (unpaired) electrons. The maximum atomic E-state index is 14.0. The van der Waals surface area contributed by atoms with Gasteiger partial charge in [0.15, 0.2) is 11.5 Å². The molecule has 13 heteroatoms. The Balaban J connectivity index is 1.27. The van der Waals surface area contributed by atoms with E-state index in [-0.39, 0.29) is 42.4 Å². The van der Waals surface area contributed by atoms with Crippen molar-refractivity contribution in [2.24, 2.45) is 5.92 Å². The van der Waals surface area contributed by atoms with Crippen LogP contribution in [0.5, 0.6) is 0 Å². The van der Waals surface area contributed by atoms with Gasteiger partial charge in [-0.05, 0) is 37.8 Å². The lowest BCUT2D eigenvalue weighted by Crippen LogP contribution is -2.38. The molecule has 1 saturated carbocycles. The highest BCUT2D eigenvalue weighted by molar-refractivity contribution is 5.95. The van der Waals surface area contributed by atoms with E-state index in [0.29, 0.717) is 29.2 Å². The van der Waals surface area contributed by atoms with Crippen molar-refractivity contribution in [3.8, 4) is 5.69 Å². The Morgan fingerprint density at radius 1 is 1.11 bits per heavy atom. The Morgan fingerprint density at radius 2 is 1.79 bits per heavy atom. The number of aromatic nitrogens is 4. The molecule has 2 amide bonds. The van der Waals surface area contributed by atoms with Gasteiger partial charge in [0.2, 0.25) is 11.8 Å². The van der Waals surface area contributed by atoms with E-state index in [1.165, 1.54) is 18.2 Å². The van der Waals surface area contributed by atoms with Crippen LogP contribution < -0.4 is 10.6 Å². The lowest BCUT2D eigenvalue weighted by molar-refractivity contribution is -0.141. The molecule has 2 aromatic heterocycles. The smallest absolute Gasteiger partial charge is 0.354 e. The molecule has 38 heavy (non-hydrogen) atoms. The Kier molecular flexibility index (Phi) is 8.12. The molecule has 0 aliphatic heterocycles. The summed E-state index contributed by atoms with van der Waals surface area (Å²) in [6.45, 7) is 3.88. The largest absolute Gasteiger partial charge is 0.435 e. The van der Waals surface area contributed by atoms with E-state index >= 15 is 0 Å². The lowest BCUT2D eigenvalue weighted by Gasteiger charge is -2.25. The normalized spacial score (nSPS) is 18.0. The Hall–Kier alpha value is -3.77. The van der Waals surface area contributed by atoms with Crippen LogP contribution in [0.1, 0.15) is 79.1 Å². The minimum absolute atomic E-state index is 0.0376. The summed E-state index contributed by atoms with van der Waals surface area (Å²) in [6.07, 6.45) is -1.34. The third-order valence-electron chi connectivity index (χ3n) is 6.45. The van der Waals surface area contributed by atoms with Crippen LogP contribution in [-0.4, -0.2) is 44.8 Å². The van der Waals surface area contributed by atoms with Crippen molar-refractivity contribution in [3.05, 3.63) is 59.3 Å². The third-order valence-corrected chi connectivity index (χ3v) is 6.45. The molecule has 1 aliphatic rings. The van der Waals surface area contributed by atoms with Gasteiger partial charge in [0.25, 0.3) is 5.91 Å². The van der Waals surface area contributed by atoms with Crippen LogP contribution in [0.15, 0.2) is 35.0 Å². The summed E-state index contributed by atoms with van der Waals surface area (Å²) < 4.78 is 60.5. The molecule has 2 heterocycles. The van der Waals surface area contributed by atoms with Gasteiger partial charge in [0.1, 0.15) is 11.5 Å². The first-order chi connectivity index (χ1) is 18.0. The molecule has 0 unspecified atom stereocenters. The van der Waals surface area contributed by atoms with Crippen molar-refractivity contribution < 1.29 is 31.7 Å². The fourth-order valence-corrected chi connectivity index (χ4v) is 4.37.